The van der Waals surface area contributed by atoms with Crippen molar-refractivity contribution in [2.24, 2.45) is 0 Å². The van der Waals surface area contributed by atoms with Crippen LogP contribution in [0.5, 0.6) is 0 Å². The molecule has 8 heavy (non-hydrogen) atoms. The van der Waals surface area contributed by atoms with Gasteiger partial charge in [-0.15, -0.1) is 0 Å². The summed E-state index contributed by atoms with van der Waals surface area (Å²) in [6, 6.07) is 0. The second kappa shape index (κ2) is 3.86. The summed E-state index contributed by atoms with van der Waals surface area (Å²) in [7, 11) is -0.781. The Hall–Kier alpha value is -0.0900. The van der Waals surface area contributed by atoms with Crippen LogP contribution in [0.3, 0.4) is 0 Å². The molecule has 0 aromatic heterocycles. The molecule has 0 aliphatic heterocycles. The minimum absolute atomic E-state index is 0.117. The van der Waals surface area contributed by atoms with Crippen molar-refractivity contribution in [3.8, 4) is 0 Å². The number of methoxy groups -OCH3 is 1. The topological polar surface area (TPSA) is 43.4 Å². The Morgan fingerprint density at radius 1 is 1.62 bits per heavy atom. The highest BCUT2D eigenvalue weighted by atomic mass is 32.2. The maximum atomic E-state index is 9.93. The highest BCUT2D eigenvalue weighted by Crippen LogP contribution is 1.85. The predicted molar refractivity (Wildman–Crippen MR) is 31.7 cm³/mol. The van der Waals surface area contributed by atoms with Crippen LogP contribution in [0.25, 0.3) is 0 Å². The van der Waals surface area contributed by atoms with Gasteiger partial charge in [-0.05, 0) is 6.92 Å². The maximum absolute atomic E-state index is 9.93. The molecule has 0 aromatic carbocycles. The van der Waals surface area contributed by atoms with Gasteiger partial charge < -0.3 is 4.74 Å². The number of rotatable bonds is 3. The van der Waals surface area contributed by atoms with E-state index in [9.17, 15) is 8.42 Å². The lowest BCUT2D eigenvalue weighted by Crippen LogP contribution is -2.11. The molecule has 0 spiro atoms. The van der Waals surface area contributed by atoms with Gasteiger partial charge in [0.05, 0.1) is 11.9 Å². The van der Waals surface area contributed by atoms with Gasteiger partial charge in [-0.3, -0.25) is 0 Å². The highest BCUT2D eigenvalue weighted by Gasteiger charge is 1.97. The molecule has 0 aliphatic carbocycles. The van der Waals surface area contributed by atoms with Crippen molar-refractivity contribution in [1.82, 2.24) is 0 Å². The van der Waals surface area contributed by atoms with Crippen LogP contribution in [0.4, 0.5) is 0 Å². The third-order valence-corrected chi connectivity index (χ3v) is 1.62. The summed E-state index contributed by atoms with van der Waals surface area (Å²) >= 11 is 0. The molecular weight excluding hydrogens is 128 g/mol. The van der Waals surface area contributed by atoms with E-state index >= 15 is 0 Å². The van der Waals surface area contributed by atoms with Gasteiger partial charge in [0.1, 0.15) is 10.7 Å². The molecule has 0 aromatic rings. The van der Waals surface area contributed by atoms with Gasteiger partial charge in [0.15, 0.2) is 0 Å². The molecule has 4 heteroatoms. The lowest BCUT2D eigenvalue weighted by molar-refractivity contribution is 0.137. The Labute approximate surface area is 50.6 Å². The van der Waals surface area contributed by atoms with Crippen LogP contribution in [0.15, 0.2) is 0 Å². The summed E-state index contributed by atoms with van der Waals surface area (Å²) in [5, 5.41) is 0. The van der Waals surface area contributed by atoms with Crippen molar-refractivity contribution in [2.45, 2.75) is 13.0 Å². The van der Waals surface area contributed by atoms with Gasteiger partial charge in [-0.25, -0.2) is 8.42 Å². The summed E-state index contributed by atoms with van der Waals surface area (Å²) < 4.78 is 24.5. The molecule has 50 valence electrons. The molecule has 3 nitrogen and oxygen atoms in total. The lowest BCUT2D eigenvalue weighted by Gasteiger charge is -2.01. The zero-order chi connectivity index (χ0) is 6.57. The minimum atomic E-state index is -2.27. The third kappa shape index (κ3) is 4.08. The van der Waals surface area contributed by atoms with Crippen LogP contribution in [0, 0.1) is 0 Å². The van der Waals surface area contributed by atoms with Gasteiger partial charge in [0, 0.05) is 7.11 Å². The van der Waals surface area contributed by atoms with Crippen LogP contribution in [-0.2, 0) is 15.4 Å². The Balaban J connectivity index is 3.39. The second-order valence-corrected chi connectivity index (χ2v) is 2.59. The number of thiol groups is 1. The normalized spacial score (nSPS) is 14.4. The Kier molecular flexibility index (Phi) is 3.81. The zero-order valence-corrected chi connectivity index (χ0v) is 5.85. The molecule has 1 atom stereocenters. The van der Waals surface area contributed by atoms with Crippen molar-refractivity contribution in [2.75, 3.05) is 12.9 Å². The number of hydrogen-bond donors (Lipinski definition) is 1. The monoisotopic (exact) mass is 138 g/mol. The first-order valence-corrected chi connectivity index (χ1v) is 3.67. The van der Waals surface area contributed by atoms with E-state index in [2.05, 4.69) is 4.74 Å². The first kappa shape index (κ1) is 7.91. The van der Waals surface area contributed by atoms with Gasteiger partial charge in [0.2, 0.25) is 0 Å². The van der Waals surface area contributed by atoms with Crippen LogP contribution in [0.1, 0.15) is 6.92 Å². The summed E-state index contributed by atoms with van der Waals surface area (Å²) in [5.41, 5.74) is 0. The van der Waals surface area contributed by atoms with Crippen LogP contribution in [-0.4, -0.2) is 27.4 Å². The average Bonchev–Trinajstić information content (AvgIpc) is 1.65. The summed E-state index contributed by atoms with van der Waals surface area (Å²) in [6.07, 6.45) is -0.170. The van der Waals surface area contributed by atoms with E-state index in [0.717, 1.165) is 0 Å². The third-order valence-electron chi connectivity index (χ3n) is 0.809. The van der Waals surface area contributed by atoms with Gasteiger partial charge in [-0.2, -0.15) is 0 Å². The molecule has 0 heterocycles. The van der Waals surface area contributed by atoms with Crippen molar-refractivity contribution in [1.29, 1.82) is 0 Å². The van der Waals surface area contributed by atoms with E-state index in [1.165, 1.54) is 7.11 Å². The van der Waals surface area contributed by atoms with Crippen molar-refractivity contribution >= 4 is 10.7 Å². The van der Waals surface area contributed by atoms with Gasteiger partial charge >= 0.3 is 0 Å². The molecular formula is C4H10O3S. The summed E-state index contributed by atoms with van der Waals surface area (Å²) in [6.45, 7) is 1.71. The molecule has 0 bridgehead atoms. The molecule has 0 saturated carbocycles. The van der Waals surface area contributed by atoms with Crippen LogP contribution < -0.4 is 0 Å². The SMILES string of the molecule is COC(C)C[SH](=O)=O. The molecule has 0 fully saturated rings. The molecule has 0 rings (SSSR count). The van der Waals surface area contributed by atoms with E-state index in [-0.39, 0.29) is 11.9 Å². The van der Waals surface area contributed by atoms with Crippen LogP contribution >= 0.6 is 0 Å². The van der Waals surface area contributed by atoms with Gasteiger partial charge in [0.25, 0.3) is 0 Å². The average molecular weight is 138 g/mol. The second-order valence-electron chi connectivity index (χ2n) is 1.56. The van der Waals surface area contributed by atoms with Crippen molar-refractivity contribution in [3.05, 3.63) is 0 Å². The highest BCUT2D eigenvalue weighted by molar-refractivity contribution is 7.72. The van der Waals surface area contributed by atoms with Crippen molar-refractivity contribution in [3.63, 3.8) is 0 Å². The molecule has 0 amide bonds. The summed E-state index contributed by atoms with van der Waals surface area (Å²) in [5.74, 6) is 0.117. The van der Waals surface area contributed by atoms with Crippen LogP contribution in [0.2, 0.25) is 0 Å². The fourth-order valence-electron chi connectivity index (χ4n) is 0.284. The van der Waals surface area contributed by atoms with E-state index in [1.54, 1.807) is 6.92 Å². The first-order valence-electron chi connectivity index (χ1n) is 2.31. The summed E-state index contributed by atoms with van der Waals surface area (Å²) in [4.78, 5) is 0. The Morgan fingerprint density at radius 2 is 2.12 bits per heavy atom. The Morgan fingerprint density at radius 3 is 2.25 bits per heavy atom. The van der Waals surface area contributed by atoms with E-state index in [4.69, 9.17) is 0 Å². The van der Waals surface area contributed by atoms with Crippen molar-refractivity contribution < 1.29 is 13.2 Å². The number of ether oxygens (including phenoxy) is 1. The molecule has 0 saturated heterocycles. The Bertz CT molecular complexity index is 110. The molecule has 0 aliphatic rings. The fraction of sp³-hybridized carbons (Fsp3) is 1.00. The predicted octanol–water partition coefficient (Wildman–Crippen LogP) is -0.367. The van der Waals surface area contributed by atoms with Gasteiger partial charge in [-0.1, -0.05) is 0 Å². The number of hydrogen-bond acceptors (Lipinski definition) is 3. The zero-order valence-electron chi connectivity index (χ0n) is 4.96. The van der Waals surface area contributed by atoms with E-state index < -0.39 is 10.7 Å². The molecule has 0 radical (unpaired) electrons. The minimum Gasteiger partial charge on any atom is -0.381 e. The van der Waals surface area contributed by atoms with E-state index in [1.807, 2.05) is 0 Å². The largest absolute Gasteiger partial charge is 0.381 e. The smallest absolute Gasteiger partial charge is 0.142 e. The quantitative estimate of drug-likeness (QED) is 0.541. The fourth-order valence-corrected chi connectivity index (χ4v) is 0.853. The molecule has 1 unspecified atom stereocenters. The van der Waals surface area contributed by atoms with E-state index in [0.29, 0.717) is 0 Å². The first-order chi connectivity index (χ1) is 3.66. The standard InChI is InChI=1S/C4H10O3S/c1-4(7-2)3-8(5)6/h4,8H,3H2,1-2H3. The molecule has 0 N–H and O–H groups in total. The lowest BCUT2D eigenvalue weighted by atomic mass is 10.5. The maximum Gasteiger partial charge on any atom is 0.142 e.